The Bertz CT molecular complexity index is 611. The Morgan fingerprint density at radius 3 is 2.90 bits per heavy atom. The first-order valence-corrected chi connectivity index (χ1v) is 7.79. The Morgan fingerprint density at radius 1 is 1.33 bits per heavy atom. The van der Waals surface area contributed by atoms with E-state index in [9.17, 15) is 4.79 Å². The highest BCUT2D eigenvalue weighted by atomic mass is 16.2. The number of aromatic amines is 1. The maximum absolute atomic E-state index is 12.6. The third-order valence-corrected chi connectivity index (χ3v) is 4.51. The molecule has 0 saturated carbocycles. The van der Waals surface area contributed by atoms with Crippen molar-refractivity contribution >= 4 is 16.8 Å². The SMILES string of the molecule is CNCCC1CCN(C(=O)c2ccc3cc[nH]c3c2)CC1. The summed E-state index contributed by atoms with van der Waals surface area (Å²) in [5.41, 5.74) is 1.82. The standard InChI is InChI=1S/C17H23N3O/c1-18-8-4-13-6-10-20(11-7-13)17(21)15-3-2-14-5-9-19-16(14)12-15/h2-3,5,9,12-13,18-19H,4,6-8,10-11H2,1H3. The number of rotatable bonds is 4. The number of carbonyl (C=O) groups excluding carboxylic acids is 1. The Balaban J connectivity index is 1.63. The van der Waals surface area contributed by atoms with Crippen LogP contribution in [-0.2, 0) is 0 Å². The number of hydrogen-bond acceptors (Lipinski definition) is 2. The zero-order chi connectivity index (χ0) is 14.7. The Kier molecular flexibility index (Phi) is 4.25. The Morgan fingerprint density at radius 2 is 2.14 bits per heavy atom. The minimum Gasteiger partial charge on any atom is -0.361 e. The fraction of sp³-hybridized carbons (Fsp3) is 0.471. The van der Waals surface area contributed by atoms with E-state index in [1.165, 1.54) is 6.42 Å². The van der Waals surface area contributed by atoms with E-state index in [4.69, 9.17) is 0 Å². The summed E-state index contributed by atoms with van der Waals surface area (Å²) < 4.78 is 0. The highest BCUT2D eigenvalue weighted by Crippen LogP contribution is 2.22. The average Bonchev–Trinajstić information content (AvgIpc) is 3.00. The van der Waals surface area contributed by atoms with E-state index >= 15 is 0 Å². The molecular weight excluding hydrogens is 262 g/mol. The molecule has 4 nitrogen and oxygen atoms in total. The van der Waals surface area contributed by atoms with Crippen LogP contribution >= 0.6 is 0 Å². The van der Waals surface area contributed by atoms with Gasteiger partial charge < -0.3 is 15.2 Å². The van der Waals surface area contributed by atoms with Crippen LogP contribution in [0.3, 0.4) is 0 Å². The molecule has 21 heavy (non-hydrogen) atoms. The summed E-state index contributed by atoms with van der Waals surface area (Å²) in [5.74, 6) is 0.922. The largest absolute Gasteiger partial charge is 0.361 e. The van der Waals surface area contributed by atoms with Gasteiger partial charge in [0, 0.05) is 30.4 Å². The van der Waals surface area contributed by atoms with Crippen molar-refractivity contribution in [1.82, 2.24) is 15.2 Å². The van der Waals surface area contributed by atoms with Crippen LogP contribution in [0.1, 0.15) is 29.6 Å². The molecule has 2 N–H and O–H groups in total. The smallest absolute Gasteiger partial charge is 0.253 e. The molecule has 1 aliphatic heterocycles. The van der Waals surface area contributed by atoms with Crippen molar-refractivity contribution in [2.24, 2.45) is 5.92 Å². The molecule has 2 aromatic rings. The first-order chi connectivity index (χ1) is 10.3. The average molecular weight is 285 g/mol. The predicted octanol–water partition coefficient (Wildman–Crippen LogP) is 2.63. The van der Waals surface area contributed by atoms with Crippen LogP contribution in [0.4, 0.5) is 0 Å². The van der Waals surface area contributed by atoms with Crippen molar-refractivity contribution < 1.29 is 4.79 Å². The molecule has 1 amide bonds. The third kappa shape index (κ3) is 3.10. The molecule has 0 spiro atoms. The molecule has 0 bridgehead atoms. The van der Waals surface area contributed by atoms with Gasteiger partial charge in [-0.25, -0.2) is 0 Å². The number of amides is 1. The van der Waals surface area contributed by atoms with Gasteiger partial charge >= 0.3 is 0 Å². The zero-order valence-electron chi connectivity index (χ0n) is 12.6. The van der Waals surface area contributed by atoms with Crippen LogP contribution in [-0.4, -0.2) is 42.5 Å². The molecule has 0 unspecified atom stereocenters. The van der Waals surface area contributed by atoms with E-state index in [1.54, 1.807) is 0 Å². The summed E-state index contributed by atoms with van der Waals surface area (Å²) >= 11 is 0. The molecule has 0 radical (unpaired) electrons. The van der Waals surface area contributed by atoms with Gasteiger partial charge in [0.2, 0.25) is 0 Å². The molecule has 1 aliphatic rings. The lowest BCUT2D eigenvalue weighted by molar-refractivity contribution is 0.0687. The maximum Gasteiger partial charge on any atom is 0.253 e. The number of fused-ring (bicyclic) bond motifs is 1. The van der Waals surface area contributed by atoms with Crippen molar-refractivity contribution in [2.75, 3.05) is 26.7 Å². The highest BCUT2D eigenvalue weighted by molar-refractivity contribution is 5.97. The number of piperidine rings is 1. The molecule has 1 aromatic heterocycles. The number of nitrogens with zero attached hydrogens (tertiary/aromatic N) is 1. The predicted molar refractivity (Wildman–Crippen MR) is 85.5 cm³/mol. The normalized spacial score (nSPS) is 16.5. The molecule has 4 heteroatoms. The number of nitrogens with one attached hydrogen (secondary N) is 2. The van der Waals surface area contributed by atoms with Gasteiger partial charge in [0.05, 0.1) is 0 Å². The fourth-order valence-corrected chi connectivity index (χ4v) is 3.14. The summed E-state index contributed by atoms with van der Waals surface area (Å²) in [5, 5.41) is 4.36. The van der Waals surface area contributed by atoms with Crippen LogP contribution in [0, 0.1) is 5.92 Å². The molecule has 1 fully saturated rings. The lowest BCUT2D eigenvalue weighted by Crippen LogP contribution is -2.38. The molecule has 2 heterocycles. The number of H-pyrrole nitrogens is 1. The first kappa shape index (κ1) is 14.1. The number of carbonyl (C=O) groups is 1. The summed E-state index contributed by atoms with van der Waals surface area (Å²) in [7, 11) is 2.00. The van der Waals surface area contributed by atoms with Gasteiger partial charge in [-0.05, 0) is 62.4 Å². The molecular formula is C17H23N3O. The number of benzene rings is 1. The highest BCUT2D eigenvalue weighted by Gasteiger charge is 2.23. The van der Waals surface area contributed by atoms with Crippen molar-refractivity contribution in [3.05, 3.63) is 36.0 Å². The monoisotopic (exact) mass is 285 g/mol. The summed E-state index contributed by atoms with van der Waals surface area (Å²) in [4.78, 5) is 17.8. The molecule has 0 aliphatic carbocycles. The van der Waals surface area contributed by atoms with E-state index in [0.29, 0.717) is 0 Å². The van der Waals surface area contributed by atoms with Gasteiger partial charge in [-0.15, -0.1) is 0 Å². The van der Waals surface area contributed by atoms with E-state index in [1.807, 2.05) is 42.4 Å². The number of aromatic nitrogens is 1. The third-order valence-electron chi connectivity index (χ3n) is 4.51. The van der Waals surface area contributed by atoms with Gasteiger partial charge in [0.25, 0.3) is 5.91 Å². The van der Waals surface area contributed by atoms with Crippen molar-refractivity contribution in [1.29, 1.82) is 0 Å². The number of hydrogen-bond donors (Lipinski definition) is 2. The van der Waals surface area contributed by atoms with Gasteiger partial charge in [-0.3, -0.25) is 4.79 Å². The van der Waals surface area contributed by atoms with Crippen LogP contribution in [0.5, 0.6) is 0 Å². The van der Waals surface area contributed by atoms with Gasteiger partial charge in [0.15, 0.2) is 0 Å². The van der Waals surface area contributed by atoms with Crippen LogP contribution in [0.25, 0.3) is 10.9 Å². The molecule has 3 rings (SSSR count). The van der Waals surface area contributed by atoms with E-state index in [2.05, 4.69) is 10.3 Å². The van der Waals surface area contributed by atoms with Crippen molar-refractivity contribution in [3.63, 3.8) is 0 Å². The lowest BCUT2D eigenvalue weighted by atomic mass is 9.93. The van der Waals surface area contributed by atoms with Crippen LogP contribution in [0.2, 0.25) is 0 Å². The second kappa shape index (κ2) is 6.31. The van der Waals surface area contributed by atoms with E-state index in [-0.39, 0.29) is 5.91 Å². The zero-order valence-corrected chi connectivity index (χ0v) is 12.6. The minimum absolute atomic E-state index is 0.165. The van der Waals surface area contributed by atoms with Crippen molar-refractivity contribution in [3.8, 4) is 0 Å². The first-order valence-electron chi connectivity index (χ1n) is 7.79. The van der Waals surface area contributed by atoms with Gasteiger partial charge in [-0.1, -0.05) is 6.07 Å². The molecule has 0 atom stereocenters. The fourth-order valence-electron chi connectivity index (χ4n) is 3.14. The second-order valence-electron chi connectivity index (χ2n) is 5.91. The topological polar surface area (TPSA) is 48.1 Å². The van der Waals surface area contributed by atoms with Crippen LogP contribution in [0.15, 0.2) is 30.5 Å². The molecule has 1 saturated heterocycles. The lowest BCUT2D eigenvalue weighted by Gasteiger charge is -2.32. The van der Waals surface area contributed by atoms with Gasteiger partial charge in [-0.2, -0.15) is 0 Å². The van der Waals surface area contributed by atoms with Crippen molar-refractivity contribution in [2.45, 2.75) is 19.3 Å². The summed E-state index contributed by atoms with van der Waals surface area (Å²) in [6.07, 6.45) is 5.37. The quantitative estimate of drug-likeness (QED) is 0.907. The summed E-state index contributed by atoms with van der Waals surface area (Å²) in [6.45, 7) is 2.84. The van der Waals surface area contributed by atoms with E-state index < -0.39 is 0 Å². The summed E-state index contributed by atoms with van der Waals surface area (Å²) in [6, 6.07) is 7.94. The Hall–Kier alpha value is -1.81. The second-order valence-corrected chi connectivity index (χ2v) is 5.91. The molecule has 112 valence electrons. The van der Waals surface area contributed by atoms with E-state index in [0.717, 1.165) is 54.9 Å². The van der Waals surface area contributed by atoms with Crippen LogP contribution < -0.4 is 5.32 Å². The maximum atomic E-state index is 12.6. The number of likely N-dealkylation sites (tertiary alicyclic amines) is 1. The van der Waals surface area contributed by atoms with Gasteiger partial charge in [0.1, 0.15) is 0 Å². The Labute approximate surface area is 125 Å². The molecule has 1 aromatic carbocycles. The minimum atomic E-state index is 0.165.